The number of hydrogen-bond donors (Lipinski definition) is 0. The third-order valence-electron chi connectivity index (χ3n) is 4.05. The summed E-state index contributed by atoms with van der Waals surface area (Å²) in [6.45, 7) is 0.610. The van der Waals surface area contributed by atoms with Crippen LogP contribution in [0.5, 0.6) is 0 Å². The largest absolute Gasteiger partial charge is 0.252 e. The molecule has 0 aliphatic rings. The SMILES string of the molecule is N#CCC(c1ncn(CCc2ccc(Cl)cc2)n1)c1c(F)cccc1Cl. The Balaban J connectivity index is 1.79. The Kier molecular flexibility index (Phi) is 5.87. The van der Waals surface area contributed by atoms with Crippen LogP contribution in [0.4, 0.5) is 4.39 Å². The normalized spacial score (nSPS) is 11.9. The van der Waals surface area contributed by atoms with E-state index in [0.717, 1.165) is 12.0 Å². The van der Waals surface area contributed by atoms with E-state index < -0.39 is 11.7 Å². The fourth-order valence-electron chi connectivity index (χ4n) is 2.73. The van der Waals surface area contributed by atoms with Gasteiger partial charge in [-0.25, -0.2) is 9.37 Å². The van der Waals surface area contributed by atoms with Crippen molar-refractivity contribution in [2.45, 2.75) is 25.3 Å². The predicted molar refractivity (Wildman–Crippen MR) is 98.7 cm³/mol. The van der Waals surface area contributed by atoms with Gasteiger partial charge in [-0.05, 0) is 36.2 Å². The molecule has 0 bridgehead atoms. The van der Waals surface area contributed by atoms with Gasteiger partial charge in [0.05, 0.1) is 12.0 Å². The molecule has 1 heterocycles. The second-order valence-corrected chi connectivity index (χ2v) is 6.64. The van der Waals surface area contributed by atoms with Crippen LogP contribution in [-0.2, 0) is 13.0 Å². The molecule has 3 aromatic rings. The van der Waals surface area contributed by atoms with Gasteiger partial charge in [-0.1, -0.05) is 41.4 Å². The van der Waals surface area contributed by atoms with Gasteiger partial charge in [0, 0.05) is 28.6 Å². The van der Waals surface area contributed by atoms with Gasteiger partial charge in [0.25, 0.3) is 0 Å². The molecule has 0 saturated carbocycles. The van der Waals surface area contributed by atoms with Crippen LogP contribution in [0.2, 0.25) is 10.0 Å². The van der Waals surface area contributed by atoms with E-state index in [2.05, 4.69) is 16.2 Å². The monoisotopic (exact) mass is 388 g/mol. The number of halogens is 3. The van der Waals surface area contributed by atoms with Crippen LogP contribution in [0.1, 0.15) is 29.3 Å². The smallest absolute Gasteiger partial charge is 0.159 e. The summed E-state index contributed by atoms with van der Waals surface area (Å²) >= 11 is 12.0. The second kappa shape index (κ2) is 8.31. The van der Waals surface area contributed by atoms with Gasteiger partial charge in [0.2, 0.25) is 0 Å². The Hall–Kier alpha value is -2.42. The topological polar surface area (TPSA) is 54.5 Å². The lowest BCUT2D eigenvalue weighted by Gasteiger charge is -2.13. The molecule has 7 heteroatoms. The first-order valence-corrected chi connectivity index (χ1v) is 8.78. The molecule has 1 atom stereocenters. The molecule has 0 aliphatic carbocycles. The Bertz CT molecular complexity index is 911. The Morgan fingerprint density at radius 1 is 1.15 bits per heavy atom. The fraction of sp³-hybridized carbons (Fsp3) is 0.211. The van der Waals surface area contributed by atoms with Gasteiger partial charge in [-0.2, -0.15) is 10.4 Å². The molecule has 26 heavy (non-hydrogen) atoms. The molecular weight excluding hydrogens is 374 g/mol. The zero-order chi connectivity index (χ0) is 18.5. The number of benzene rings is 2. The van der Waals surface area contributed by atoms with Crippen LogP contribution in [-0.4, -0.2) is 14.8 Å². The van der Waals surface area contributed by atoms with E-state index >= 15 is 0 Å². The van der Waals surface area contributed by atoms with Crippen molar-refractivity contribution >= 4 is 23.2 Å². The summed E-state index contributed by atoms with van der Waals surface area (Å²) in [4.78, 5) is 4.27. The fourth-order valence-corrected chi connectivity index (χ4v) is 3.15. The predicted octanol–water partition coefficient (Wildman–Crippen LogP) is 5.01. The Morgan fingerprint density at radius 3 is 2.62 bits per heavy atom. The number of aromatic nitrogens is 3. The molecule has 0 fully saturated rings. The zero-order valence-electron chi connectivity index (χ0n) is 13.7. The highest BCUT2D eigenvalue weighted by atomic mass is 35.5. The Morgan fingerprint density at radius 2 is 1.92 bits per heavy atom. The molecule has 2 aromatic carbocycles. The number of nitriles is 1. The molecule has 0 radical (unpaired) electrons. The molecule has 0 saturated heterocycles. The molecule has 4 nitrogen and oxygen atoms in total. The quantitative estimate of drug-likeness (QED) is 0.595. The molecule has 3 rings (SSSR count). The number of nitrogens with zero attached hydrogens (tertiary/aromatic N) is 4. The van der Waals surface area contributed by atoms with Crippen LogP contribution in [0, 0.1) is 17.1 Å². The molecule has 0 N–H and O–H groups in total. The van der Waals surface area contributed by atoms with Crippen molar-refractivity contribution in [1.29, 1.82) is 5.26 Å². The van der Waals surface area contributed by atoms with E-state index in [1.807, 2.05) is 24.3 Å². The van der Waals surface area contributed by atoms with E-state index in [9.17, 15) is 4.39 Å². The second-order valence-electron chi connectivity index (χ2n) is 5.79. The first kappa shape index (κ1) is 18.4. The van der Waals surface area contributed by atoms with Gasteiger partial charge < -0.3 is 0 Å². The van der Waals surface area contributed by atoms with Crippen molar-refractivity contribution in [3.05, 3.63) is 81.6 Å². The average molecular weight is 389 g/mol. The average Bonchev–Trinajstić information content (AvgIpc) is 3.09. The van der Waals surface area contributed by atoms with E-state index in [1.165, 1.54) is 12.1 Å². The van der Waals surface area contributed by atoms with Crippen molar-refractivity contribution in [2.75, 3.05) is 0 Å². The molecule has 1 unspecified atom stereocenters. The minimum Gasteiger partial charge on any atom is -0.252 e. The minimum absolute atomic E-state index is 0.0435. The third-order valence-corrected chi connectivity index (χ3v) is 4.63. The number of hydrogen-bond acceptors (Lipinski definition) is 3. The minimum atomic E-state index is -0.606. The van der Waals surface area contributed by atoms with E-state index in [-0.39, 0.29) is 17.0 Å². The van der Waals surface area contributed by atoms with Crippen molar-refractivity contribution in [1.82, 2.24) is 14.8 Å². The van der Waals surface area contributed by atoms with Crippen LogP contribution in [0.15, 0.2) is 48.8 Å². The van der Waals surface area contributed by atoms with Gasteiger partial charge in [0.1, 0.15) is 12.1 Å². The first-order valence-electron chi connectivity index (χ1n) is 8.03. The van der Waals surface area contributed by atoms with E-state index in [1.54, 1.807) is 17.1 Å². The maximum absolute atomic E-state index is 14.3. The lowest BCUT2D eigenvalue weighted by Crippen LogP contribution is -2.08. The maximum Gasteiger partial charge on any atom is 0.159 e. The lowest BCUT2D eigenvalue weighted by molar-refractivity contribution is 0.576. The number of rotatable bonds is 6. The van der Waals surface area contributed by atoms with Crippen molar-refractivity contribution in [3.63, 3.8) is 0 Å². The Labute approximate surface area is 160 Å². The van der Waals surface area contributed by atoms with Gasteiger partial charge in [-0.15, -0.1) is 0 Å². The summed E-state index contributed by atoms with van der Waals surface area (Å²) in [6.07, 6.45) is 2.38. The standard InChI is InChI=1S/C19H15Cl2FN4/c20-14-6-4-13(5-7-14)9-11-26-12-24-19(25-26)15(8-10-23)18-16(21)2-1-3-17(18)22/h1-7,12,15H,8-9,11H2. The molecular formula is C19H15Cl2FN4. The lowest BCUT2D eigenvalue weighted by atomic mass is 9.95. The van der Waals surface area contributed by atoms with Crippen molar-refractivity contribution in [3.8, 4) is 6.07 Å². The van der Waals surface area contributed by atoms with Gasteiger partial charge >= 0.3 is 0 Å². The summed E-state index contributed by atoms with van der Waals surface area (Å²) in [5.74, 6) is -0.685. The van der Waals surface area contributed by atoms with Crippen LogP contribution >= 0.6 is 23.2 Å². The third kappa shape index (κ3) is 4.21. The first-order chi connectivity index (χ1) is 12.6. The molecule has 0 aliphatic heterocycles. The van der Waals surface area contributed by atoms with Crippen LogP contribution in [0.3, 0.4) is 0 Å². The summed E-state index contributed by atoms with van der Waals surface area (Å²) in [7, 11) is 0. The van der Waals surface area contributed by atoms with Crippen molar-refractivity contribution < 1.29 is 4.39 Å². The van der Waals surface area contributed by atoms with Crippen LogP contribution in [0.25, 0.3) is 0 Å². The van der Waals surface area contributed by atoms with E-state index in [0.29, 0.717) is 17.4 Å². The summed E-state index contributed by atoms with van der Waals surface area (Å²) in [5.41, 5.74) is 1.38. The molecule has 1 aromatic heterocycles. The molecule has 132 valence electrons. The van der Waals surface area contributed by atoms with Gasteiger partial charge in [-0.3, -0.25) is 4.68 Å². The highest BCUT2D eigenvalue weighted by Crippen LogP contribution is 2.33. The summed E-state index contributed by atoms with van der Waals surface area (Å²) < 4.78 is 15.9. The van der Waals surface area contributed by atoms with Gasteiger partial charge in [0.15, 0.2) is 5.82 Å². The molecule has 0 spiro atoms. The zero-order valence-corrected chi connectivity index (χ0v) is 15.3. The van der Waals surface area contributed by atoms with E-state index in [4.69, 9.17) is 28.5 Å². The molecule has 0 amide bonds. The maximum atomic E-state index is 14.3. The van der Waals surface area contributed by atoms with Crippen LogP contribution < -0.4 is 0 Å². The highest BCUT2D eigenvalue weighted by molar-refractivity contribution is 6.31. The summed E-state index contributed by atoms with van der Waals surface area (Å²) in [6, 6.07) is 14.1. The highest BCUT2D eigenvalue weighted by Gasteiger charge is 2.24. The van der Waals surface area contributed by atoms with Crippen molar-refractivity contribution in [2.24, 2.45) is 0 Å². The summed E-state index contributed by atoms with van der Waals surface area (Å²) in [5, 5.41) is 14.5. The number of aryl methyl sites for hydroxylation is 2.